The van der Waals surface area contributed by atoms with Gasteiger partial charge in [0, 0.05) is 12.1 Å². The van der Waals surface area contributed by atoms with Crippen LogP contribution in [0.5, 0.6) is 0 Å². The molecule has 0 aromatic heterocycles. The van der Waals surface area contributed by atoms with Crippen molar-refractivity contribution in [3.8, 4) is 0 Å². The molecule has 0 radical (unpaired) electrons. The summed E-state index contributed by atoms with van der Waals surface area (Å²) < 4.78 is 31.8. The van der Waals surface area contributed by atoms with Crippen LogP contribution in [-0.4, -0.2) is 19.1 Å². The van der Waals surface area contributed by atoms with Crippen LogP contribution < -0.4 is 5.32 Å². The second kappa shape index (κ2) is 6.20. The smallest absolute Gasteiger partial charge is 0.340 e. The van der Waals surface area contributed by atoms with E-state index in [2.05, 4.69) is 17.0 Å². The monoisotopic (exact) mass is 283 g/mol. The Morgan fingerprint density at radius 1 is 1.20 bits per heavy atom. The lowest BCUT2D eigenvalue weighted by Gasteiger charge is -2.28. The summed E-state index contributed by atoms with van der Waals surface area (Å²) in [6, 6.07) is 2.07. The molecule has 0 spiro atoms. The first-order valence-electron chi connectivity index (χ1n) is 6.85. The van der Waals surface area contributed by atoms with Crippen LogP contribution in [0.3, 0.4) is 0 Å². The standard InChI is InChI=1S/C15H19F2NO2/c1-9-3-5-10(6-4-9)18-14-7-11(15(19)20-2)12(16)8-13(14)17/h7-10,18H,3-6H2,1-2H3. The molecule has 1 fully saturated rings. The highest BCUT2D eigenvalue weighted by Gasteiger charge is 2.21. The van der Waals surface area contributed by atoms with Crippen LogP contribution in [0.15, 0.2) is 12.1 Å². The molecule has 1 N–H and O–H groups in total. The van der Waals surface area contributed by atoms with Crippen LogP contribution in [0.2, 0.25) is 0 Å². The summed E-state index contributed by atoms with van der Waals surface area (Å²) in [5.74, 6) is -1.70. The van der Waals surface area contributed by atoms with E-state index in [1.165, 1.54) is 13.2 Å². The summed E-state index contributed by atoms with van der Waals surface area (Å²) in [6.45, 7) is 2.20. The molecule has 110 valence electrons. The Morgan fingerprint density at radius 2 is 1.85 bits per heavy atom. The largest absolute Gasteiger partial charge is 0.465 e. The maximum Gasteiger partial charge on any atom is 0.340 e. The van der Waals surface area contributed by atoms with Gasteiger partial charge in [0.25, 0.3) is 0 Å². The van der Waals surface area contributed by atoms with Gasteiger partial charge in [-0.05, 0) is 37.7 Å². The zero-order chi connectivity index (χ0) is 14.7. The number of carbonyl (C=O) groups is 1. The Hall–Kier alpha value is -1.65. The van der Waals surface area contributed by atoms with Gasteiger partial charge in [-0.1, -0.05) is 6.92 Å². The highest BCUT2D eigenvalue weighted by Crippen LogP contribution is 2.28. The number of hydrogen-bond acceptors (Lipinski definition) is 3. The van der Waals surface area contributed by atoms with E-state index in [0.29, 0.717) is 5.92 Å². The predicted octanol–water partition coefficient (Wildman–Crippen LogP) is 3.74. The van der Waals surface area contributed by atoms with E-state index in [1.54, 1.807) is 0 Å². The minimum Gasteiger partial charge on any atom is -0.465 e. The molecule has 1 aromatic rings. The van der Waals surface area contributed by atoms with Crippen molar-refractivity contribution in [1.29, 1.82) is 0 Å². The SMILES string of the molecule is COC(=O)c1cc(NC2CCC(C)CC2)c(F)cc1F. The number of carbonyl (C=O) groups excluding carboxylic acids is 1. The average molecular weight is 283 g/mol. The van der Waals surface area contributed by atoms with E-state index in [9.17, 15) is 13.6 Å². The molecular weight excluding hydrogens is 264 g/mol. The summed E-state index contributed by atoms with van der Waals surface area (Å²) in [5.41, 5.74) is -0.0908. The molecule has 1 aromatic carbocycles. The molecule has 2 rings (SSSR count). The van der Waals surface area contributed by atoms with Gasteiger partial charge >= 0.3 is 5.97 Å². The number of anilines is 1. The minimum absolute atomic E-state index is 0.159. The van der Waals surface area contributed by atoms with Gasteiger partial charge in [0.2, 0.25) is 0 Å². The van der Waals surface area contributed by atoms with E-state index >= 15 is 0 Å². The molecule has 0 amide bonds. The van der Waals surface area contributed by atoms with E-state index in [1.807, 2.05) is 0 Å². The molecule has 0 saturated heterocycles. The van der Waals surface area contributed by atoms with E-state index in [4.69, 9.17) is 0 Å². The lowest BCUT2D eigenvalue weighted by molar-refractivity contribution is 0.0595. The van der Waals surface area contributed by atoms with Crippen molar-refractivity contribution in [3.05, 3.63) is 29.3 Å². The maximum atomic E-state index is 13.8. The number of esters is 1. The first-order valence-corrected chi connectivity index (χ1v) is 6.85. The van der Waals surface area contributed by atoms with Gasteiger partial charge in [-0.2, -0.15) is 0 Å². The fourth-order valence-electron chi connectivity index (χ4n) is 2.55. The zero-order valence-electron chi connectivity index (χ0n) is 11.7. The van der Waals surface area contributed by atoms with Crippen molar-refractivity contribution in [3.63, 3.8) is 0 Å². The number of halogens is 2. The van der Waals surface area contributed by atoms with Gasteiger partial charge in [-0.15, -0.1) is 0 Å². The fourth-order valence-corrected chi connectivity index (χ4v) is 2.55. The lowest BCUT2D eigenvalue weighted by Crippen LogP contribution is -2.26. The first-order chi connectivity index (χ1) is 9.51. The van der Waals surface area contributed by atoms with Crippen LogP contribution in [0, 0.1) is 17.6 Å². The Balaban J connectivity index is 2.16. The van der Waals surface area contributed by atoms with E-state index in [-0.39, 0.29) is 17.3 Å². The van der Waals surface area contributed by atoms with Crippen molar-refractivity contribution in [2.24, 2.45) is 5.92 Å². The summed E-state index contributed by atoms with van der Waals surface area (Å²) in [5, 5.41) is 3.07. The molecule has 0 atom stereocenters. The van der Waals surface area contributed by atoms with Gasteiger partial charge in [0.15, 0.2) is 0 Å². The van der Waals surface area contributed by atoms with Crippen molar-refractivity contribution in [2.75, 3.05) is 12.4 Å². The van der Waals surface area contributed by atoms with Crippen molar-refractivity contribution < 1.29 is 18.3 Å². The van der Waals surface area contributed by atoms with Crippen LogP contribution in [0.1, 0.15) is 43.0 Å². The van der Waals surface area contributed by atoms with Gasteiger partial charge in [0.1, 0.15) is 11.6 Å². The Kier molecular flexibility index (Phi) is 4.57. The summed E-state index contributed by atoms with van der Waals surface area (Å²) in [6.07, 6.45) is 4.08. The molecule has 1 aliphatic carbocycles. The normalized spacial score (nSPS) is 22.4. The number of benzene rings is 1. The molecule has 0 aliphatic heterocycles. The molecule has 20 heavy (non-hydrogen) atoms. The number of nitrogens with one attached hydrogen (secondary N) is 1. The van der Waals surface area contributed by atoms with Crippen LogP contribution in [-0.2, 0) is 4.74 Å². The second-order valence-electron chi connectivity index (χ2n) is 5.40. The molecule has 3 nitrogen and oxygen atoms in total. The van der Waals surface area contributed by atoms with Gasteiger partial charge in [-0.25, -0.2) is 13.6 Å². The molecule has 5 heteroatoms. The highest BCUT2D eigenvalue weighted by molar-refractivity contribution is 5.90. The second-order valence-corrected chi connectivity index (χ2v) is 5.40. The quantitative estimate of drug-likeness (QED) is 0.859. The molecular formula is C15H19F2NO2. The van der Waals surface area contributed by atoms with Crippen LogP contribution in [0.25, 0.3) is 0 Å². The molecule has 0 heterocycles. The number of methoxy groups -OCH3 is 1. The van der Waals surface area contributed by atoms with Crippen molar-refractivity contribution in [1.82, 2.24) is 0 Å². The van der Waals surface area contributed by atoms with Gasteiger partial charge < -0.3 is 10.1 Å². The third-order valence-corrected chi connectivity index (χ3v) is 3.84. The zero-order valence-corrected chi connectivity index (χ0v) is 11.7. The lowest BCUT2D eigenvalue weighted by atomic mass is 9.87. The molecule has 1 saturated carbocycles. The molecule has 0 unspecified atom stereocenters. The average Bonchev–Trinajstić information content (AvgIpc) is 2.43. The maximum absolute atomic E-state index is 13.8. The highest BCUT2D eigenvalue weighted by atomic mass is 19.1. The Morgan fingerprint density at radius 3 is 2.45 bits per heavy atom. The third-order valence-electron chi connectivity index (χ3n) is 3.84. The van der Waals surface area contributed by atoms with E-state index in [0.717, 1.165) is 31.7 Å². The van der Waals surface area contributed by atoms with Gasteiger partial charge in [-0.3, -0.25) is 0 Å². The third kappa shape index (κ3) is 3.26. The minimum atomic E-state index is -0.905. The topological polar surface area (TPSA) is 38.3 Å². The van der Waals surface area contributed by atoms with Gasteiger partial charge in [0.05, 0.1) is 18.4 Å². The molecule has 0 bridgehead atoms. The van der Waals surface area contributed by atoms with Crippen molar-refractivity contribution in [2.45, 2.75) is 38.6 Å². The first kappa shape index (κ1) is 14.8. The van der Waals surface area contributed by atoms with E-state index < -0.39 is 17.6 Å². The van der Waals surface area contributed by atoms with Crippen LogP contribution >= 0.6 is 0 Å². The van der Waals surface area contributed by atoms with Crippen molar-refractivity contribution >= 4 is 11.7 Å². The summed E-state index contributed by atoms with van der Waals surface area (Å²) in [4.78, 5) is 11.4. The predicted molar refractivity (Wildman–Crippen MR) is 72.7 cm³/mol. The number of hydrogen-bond donors (Lipinski definition) is 1. The Bertz CT molecular complexity index is 497. The number of ether oxygens (including phenoxy) is 1. The summed E-state index contributed by atoms with van der Waals surface area (Å²) in [7, 11) is 1.17. The Labute approximate surface area is 117 Å². The van der Waals surface area contributed by atoms with Crippen LogP contribution in [0.4, 0.5) is 14.5 Å². The summed E-state index contributed by atoms with van der Waals surface area (Å²) >= 11 is 0. The number of rotatable bonds is 3. The molecule has 1 aliphatic rings. The fraction of sp³-hybridized carbons (Fsp3) is 0.533.